The van der Waals surface area contributed by atoms with Gasteiger partial charge in [0.2, 0.25) is 0 Å². The van der Waals surface area contributed by atoms with Crippen molar-refractivity contribution >= 4 is 33.0 Å². The van der Waals surface area contributed by atoms with Crippen LogP contribution < -0.4 is 0 Å². The van der Waals surface area contributed by atoms with Gasteiger partial charge in [-0.3, -0.25) is 0 Å². The third kappa shape index (κ3) is 28.4. The van der Waals surface area contributed by atoms with Gasteiger partial charge in [-0.2, -0.15) is 10.2 Å². The molecule has 0 N–H and O–H groups in total. The Morgan fingerprint density at radius 3 is 0.797 bits per heavy atom. The van der Waals surface area contributed by atoms with Crippen LogP contribution in [0.4, 0.5) is 0 Å². The fourth-order valence-corrected chi connectivity index (χ4v) is 6.83. The van der Waals surface area contributed by atoms with Gasteiger partial charge < -0.3 is 10.0 Å². The van der Waals surface area contributed by atoms with E-state index in [4.69, 9.17) is 0 Å². The van der Waals surface area contributed by atoms with E-state index in [2.05, 4.69) is 96.8 Å². The Morgan fingerprint density at radius 1 is 0.356 bits per heavy atom. The molecule has 0 radical (unpaired) electrons. The summed E-state index contributed by atoms with van der Waals surface area (Å²) in [4.78, 5) is 0. The molecule has 0 aliphatic rings. The van der Waals surface area contributed by atoms with Crippen molar-refractivity contribution in [1.29, 1.82) is 0 Å². The van der Waals surface area contributed by atoms with Gasteiger partial charge in [-0.1, -0.05) is 193 Å². The average molecular weight is 813 g/mol. The minimum Gasteiger partial charge on any atom is -0.303 e. The van der Waals surface area contributed by atoms with Gasteiger partial charge in [0.05, 0.1) is 0 Å². The Balaban J connectivity index is -0.00000119. The van der Waals surface area contributed by atoms with Crippen molar-refractivity contribution in [2.45, 2.75) is 193 Å². The van der Waals surface area contributed by atoms with E-state index >= 15 is 0 Å². The smallest absolute Gasteiger partial charge is 0.0318 e. The predicted octanol–water partition coefficient (Wildman–Crippen LogP) is 17.2. The van der Waals surface area contributed by atoms with Crippen molar-refractivity contribution in [2.24, 2.45) is 10.2 Å². The van der Waals surface area contributed by atoms with E-state index in [0.717, 1.165) is 24.3 Å². The Kier molecular flexibility index (Phi) is 41.5. The van der Waals surface area contributed by atoms with E-state index in [9.17, 15) is 0 Å². The lowest BCUT2D eigenvalue weighted by molar-refractivity contribution is 0.437. The molecule has 0 spiro atoms. The number of hydrazone groups is 2. The second-order valence-electron chi connectivity index (χ2n) is 14.8. The number of rotatable bonds is 18. The first kappa shape index (κ1) is 59.7. The maximum Gasteiger partial charge on any atom is 0.0318 e. The topological polar surface area (TPSA) is 31.2 Å². The molecule has 0 atom stereocenters. The molecule has 0 amide bonds. The summed E-state index contributed by atoms with van der Waals surface area (Å²) in [5.74, 6) is 0. The number of nitrogens with zero attached hydrogens (tertiary/aromatic N) is 4. The highest BCUT2D eigenvalue weighted by molar-refractivity contribution is 5.90. The van der Waals surface area contributed by atoms with Gasteiger partial charge in [0.15, 0.2) is 0 Å². The van der Waals surface area contributed by atoms with Gasteiger partial charge >= 0.3 is 0 Å². The quantitative estimate of drug-likeness (QED) is 0.0569. The molecule has 4 heteroatoms. The molecule has 4 aromatic rings. The second-order valence-corrected chi connectivity index (χ2v) is 14.8. The second kappa shape index (κ2) is 41.1. The minimum absolute atomic E-state index is 1.09. The van der Waals surface area contributed by atoms with Gasteiger partial charge in [0, 0.05) is 39.6 Å². The zero-order chi connectivity index (χ0) is 45.4. The van der Waals surface area contributed by atoms with E-state index in [0.29, 0.717) is 0 Å². The normalized spacial score (nSPS) is 9.53. The summed E-state index contributed by atoms with van der Waals surface area (Å²) in [5, 5.41) is 17.5. The first-order valence-electron chi connectivity index (χ1n) is 23.9. The maximum absolute atomic E-state index is 4.03. The monoisotopic (exact) mass is 813 g/mol. The number of fused-ring (bicyclic) bond motifs is 2. The average Bonchev–Trinajstić information content (AvgIpc) is 3.24. The number of unbranched alkanes of at least 4 members (excludes halogenated alkanes) is 8. The molecule has 0 fully saturated rings. The molecule has 4 nitrogen and oxygen atoms in total. The van der Waals surface area contributed by atoms with Crippen molar-refractivity contribution in [3.8, 4) is 0 Å². The lowest BCUT2D eigenvalue weighted by Gasteiger charge is -2.13. The third-order valence-corrected chi connectivity index (χ3v) is 9.00. The summed E-state index contributed by atoms with van der Waals surface area (Å²) < 4.78 is 0. The van der Waals surface area contributed by atoms with Crippen LogP contribution in [-0.2, 0) is 25.7 Å². The number of benzene rings is 4. The molecular weight excluding hydrogens is 717 g/mol. The van der Waals surface area contributed by atoms with Crippen LogP contribution in [0.3, 0.4) is 0 Å². The summed E-state index contributed by atoms with van der Waals surface area (Å²) in [6, 6.07) is 27.9. The lowest BCUT2D eigenvalue weighted by Crippen LogP contribution is -2.03. The minimum atomic E-state index is 1.09. The molecule has 0 bridgehead atoms. The van der Waals surface area contributed by atoms with Crippen molar-refractivity contribution in [1.82, 2.24) is 10.0 Å². The highest BCUT2D eigenvalue weighted by atomic mass is 15.4. The summed E-state index contributed by atoms with van der Waals surface area (Å²) in [6.45, 7) is 28.5. The van der Waals surface area contributed by atoms with Crippen LogP contribution in [0.1, 0.15) is 190 Å². The molecule has 4 rings (SSSR count). The number of aryl methyl sites for hydroxylation is 4. The SMILES string of the molecule is CC.CC.CC.CC.CC(C)=NN(C)C.CC(C)=NN(C)C.CCCCCCCc1ccc(CCCc2ccc(CCCCCCC)c3ccccc23)c2ccccc12. The van der Waals surface area contributed by atoms with Gasteiger partial charge in [0.1, 0.15) is 0 Å². The van der Waals surface area contributed by atoms with Crippen molar-refractivity contribution < 1.29 is 0 Å². The van der Waals surface area contributed by atoms with E-state index < -0.39 is 0 Å². The molecule has 0 heterocycles. The first-order valence-corrected chi connectivity index (χ1v) is 23.9. The van der Waals surface area contributed by atoms with Gasteiger partial charge in [-0.15, -0.1) is 0 Å². The lowest BCUT2D eigenvalue weighted by atomic mass is 9.91. The number of hydrogen-bond donors (Lipinski definition) is 0. The van der Waals surface area contributed by atoms with E-state index in [1.807, 2.05) is 111 Å². The highest BCUT2D eigenvalue weighted by Crippen LogP contribution is 2.28. The zero-order valence-corrected chi connectivity index (χ0v) is 42.3. The van der Waals surface area contributed by atoms with Crippen LogP contribution in [0.2, 0.25) is 0 Å². The van der Waals surface area contributed by atoms with Crippen molar-refractivity contribution in [2.75, 3.05) is 28.2 Å². The third-order valence-electron chi connectivity index (χ3n) is 9.00. The largest absolute Gasteiger partial charge is 0.303 e. The molecular formula is C55H96N4. The Hall–Kier alpha value is -3.66. The van der Waals surface area contributed by atoms with Crippen LogP contribution in [0.15, 0.2) is 83.0 Å². The fourth-order valence-electron chi connectivity index (χ4n) is 6.83. The van der Waals surface area contributed by atoms with Gasteiger partial charge in [-0.25, -0.2) is 0 Å². The molecule has 0 aliphatic heterocycles. The van der Waals surface area contributed by atoms with Gasteiger partial charge in [0.25, 0.3) is 0 Å². The van der Waals surface area contributed by atoms with E-state index in [1.165, 1.54) is 127 Å². The molecule has 336 valence electrons. The molecule has 0 saturated carbocycles. The first-order chi connectivity index (χ1) is 28.6. The Labute approximate surface area is 368 Å². The summed E-state index contributed by atoms with van der Waals surface area (Å²) in [5.41, 5.74) is 8.27. The standard InChI is InChI=1S/C37H48.2C5H12N2.4C2H6/c1-3-5-7-9-11-18-30-26-28-32(36-24-15-13-22-34(30)36)20-17-21-33-29-27-31(19-12-10-8-6-4-2)35-23-14-16-25-37(33)35;2*1-5(2)6-7(3)4;4*1-2/h13-16,22-29H,3-12,17-21H2,1-2H3;2*1-4H3;4*1-2H3. The Morgan fingerprint density at radius 2 is 0.593 bits per heavy atom. The number of hydrogen-bond acceptors (Lipinski definition) is 4. The van der Waals surface area contributed by atoms with Crippen LogP contribution >= 0.6 is 0 Å². The molecule has 0 saturated heterocycles. The van der Waals surface area contributed by atoms with Crippen LogP contribution in [-0.4, -0.2) is 49.6 Å². The molecule has 4 aromatic carbocycles. The Bertz CT molecular complexity index is 1470. The maximum atomic E-state index is 4.03. The van der Waals surface area contributed by atoms with E-state index in [1.54, 1.807) is 10.0 Å². The summed E-state index contributed by atoms with van der Waals surface area (Å²) >= 11 is 0. The van der Waals surface area contributed by atoms with Crippen LogP contribution in [0.5, 0.6) is 0 Å². The predicted molar refractivity (Wildman–Crippen MR) is 275 cm³/mol. The van der Waals surface area contributed by atoms with Gasteiger partial charge in [-0.05, 0) is 116 Å². The van der Waals surface area contributed by atoms with E-state index in [-0.39, 0.29) is 0 Å². The van der Waals surface area contributed by atoms with Crippen LogP contribution in [0.25, 0.3) is 21.5 Å². The summed E-state index contributed by atoms with van der Waals surface area (Å²) in [7, 11) is 7.64. The highest BCUT2D eigenvalue weighted by Gasteiger charge is 2.09. The fraction of sp³-hybridized carbons (Fsp3) is 0.600. The van der Waals surface area contributed by atoms with Crippen LogP contribution in [0, 0.1) is 0 Å². The molecule has 0 unspecified atom stereocenters. The molecule has 0 aliphatic carbocycles. The molecule has 59 heavy (non-hydrogen) atoms. The summed E-state index contributed by atoms with van der Waals surface area (Å²) in [6.07, 6.45) is 19.4. The van der Waals surface area contributed by atoms with Crippen molar-refractivity contribution in [3.63, 3.8) is 0 Å². The molecule has 0 aromatic heterocycles. The zero-order valence-electron chi connectivity index (χ0n) is 42.3. The van der Waals surface area contributed by atoms with Crippen molar-refractivity contribution in [3.05, 3.63) is 95.1 Å².